The Bertz CT molecular complexity index is 114. The van der Waals surface area contributed by atoms with Crippen molar-refractivity contribution < 1.29 is 5.11 Å². The average Bonchev–Trinajstić information content (AvgIpc) is 2.10. The van der Waals surface area contributed by atoms with Gasteiger partial charge in [-0.25, -0.2) is 0 Å². The van der Waals surface area contributed by atoms with Crippen LogP contribution in [0.25, 0.3) is 0 Å². The molecule has 0 saturated heterocycles. The van der Waals surface area contributed by atoms with Crippen molar-refractivity contribution in [2.24, 2.45) is 0 Å². The van der Waals surface area contributed by atoms with Crippen LogP contribution >= 0.6 is 47.8 Å². The Balaban J connectivity index is 2.55. The van der Waals surface area contributed by atoms with Crippen LogP contribution in [0.4, 0.5) is 0 Å². The minimum absolute atomic E-state index is 0.0538. The fourth-order valence-corrected chi connectivity index (χ4v) is 2.86. The molecule has 0 aromatic rings. The summed E-state index contributed by atoms with van der Waals surface area (Å²) in [6, 6.07) is 0. The molecule has 4 heteroatoms. The van der Waals surface area contributed by atoms with Crippen molar-refractivity contribution in [1.29, 1.82) is 0 Å². The van der Waals surface area contributed by atoms with Gasteiger partial charge in [0.1, 0.15) is 0 Å². The highest BCUT2D eigenvalue weighted by Gasteiger charge is 2.63. The Kier molecular flexibility index (Phi) is 1.82. The molecule has 1 rings (SSSR count). The normalized spacial score (nSPS) is 42.0. The number of aliphatic hydroxyl groups is 1. The second kappa shape index (κ2) is 1.94. The summed E-state index contributed by atoms with van der Waals surface area (Å²) < 4.78 is -0.165. The first-order valence-electron chi connectivity index (χ1n) is 2.19. The second-order valence-corrected chi connectivity index (χ2v) is 7.29. The van der Waals surface area contributed by atoms with E-state index >= 15 is 0 Å². The summed E-state index contributed by atoms with van der Waals surface area (Å²) in [4.78, 5) is 0. The lowest BCUT2D eigenvalue weighted by Crippen LogP contribution is -2.11. The highest BCUT2D eigenvalue weighted by atomic mass is 79.9. The molecule has 0 aromatic heterocycles. The average molecular weight is 309 g/mol. The van der Waals surface area contributed by atoms with Crippen molar-refractivity contribution in [3.8, 4) is 0 Å². The molecule has 1 fully saturated rings. The van der Waals surface area contributed by atoms with E-state index in [2.05, 4.69) is 47.8 Å². The van der Waals surface area contributed by atoms with E-state index in [1.807, 2.05) is 0 Å². The lowest BCUT2D eigenvalue weighted by atomic mass is 10.5. The number of hydrogen-bond acceptors (Lipinski definition) is 1. The summed E-state index contributed by atoms with van der Waals surface area (Å²) in [6.45, 7) is 0.170. The fraction of sp³-hybridized carbons (Fsp3) is 1.00. The van der Waals surface area contributed by atoms with Crippen LogP contribution in [0, 0.1) is 0 Å². The molecule has 8 heavy (non-hydrogen) atoms. The van der Waals surface area contributed by atoms with E-state index in [9.17, 15) is 0 Å². The van der Waals surface area contributed by atoms with E-state index in [0.717, 1.165) is 6.42 Å². The zero-order chi connectivity index (χ0) is 6.41. The van der Waals surface area contributed by atoms with Crippen molar-refractivity contribution in [3.63, 3.8) is 0 Å². The van der Waals surface area contributed by atoms with E-state index in [-0.39, 0.29) is 14.2 Å². The van der Waals surface area contributed by atoms with Crippen LogP contribution in [0.1, 0.15) is 6.42 Å². The molecule has 0 radical (unpaired) electrons. The first kappa shape index (κ1) is 7.51. The highest BCUT2D eigenvalue weighted by Crippen LogP contribution is 2.64. The van der Waals surface area contributed by atoms with E-state index in [0.29, 0.717) is 0 Å². The minimum Gasteiger partial charge on any atom is -0.395 e. The van der Waals surface area contributed by atoms with Crippen molar-refractivity contribution >= 4 is 47.8 Å². The Labute approximate surface area is 73.2 Å². The van der Waals surface area contributed by atoms with Crippen LogP contribution in [-0.4, -0.2) is 19.3 Å². The molecule has 0 aromatic carbocycles. The van der Waals surface area contributed by atoms with Gasteiger partial charge in [0.2, 0.25) is 0 Å². The number of aliphatic hydroxyl groups excluding tert-OH is 1. The van der Waals surface area contributed by atoms with Gasteiger partial charge in [0.25, 0.3) is 0 Å². The predicted octanol–water partition coefficient (Wildman–Crippen LogP) is 2.00. The lowest BCUT2D eigenvalue weighted by Gasteiger charge is -2.03. The summed E-state index contributed by atoms with van der Waals surface area (Å²) in [7, 11) is 0. The van der Waals surface area contributed by atoms with Crippen LogP contribution in [0.3, 0.4) is 0 Å². The van der Waals surface area contributed by atoms with E-state index < -0.39 is 0 Å². The first-order valence-corrected chi connectivity index (χ1v) is 4.57. The maximum Gasteiger partial charge on any atom is 0.0995 e. The number of hydrogen-bond donors (Lipinski definition) is 1. The minimum atomic E-state index is -0.111. The van der Waals surface area contributed by atoms with Gasteiger partial charge in [0.15, 0.2) is 0 Å². The molecule has 1 saturated carbocycles. The Morgan fingerprint density at radius 3 is 1.75 bits per heavy atom. The lowest BCUT2D eigenvalue weighted by molar-refractivity contribution is 0.291. The van der Waals surface area contributed by atoms with Crippen LogP contribution in [0.5, 0.6) is 0 Å². The molecule has 0 bridgehead atoms. The molecule has 1 nitrogen and oxygen atoms in total. The molecule has 1 aliphatic carbocycles. The maximum absolute atomic E-state index is 8.69. The summed E-state index contributed by atoms with van der Waals surface area (Å²) >= 11 is 10.1. The Morgan fingerprint density at radius 2 is 1.75 bits per heavy atom. The molecule has 0 aliphatic heterocycles. The standard InChI is InChI=1S/C4H5Br3O/c5-3(2-8)1-4(3,6)7/h8H,1-2H2/t3-/m1/s1. The Morgan fingerprint density at radius 1 is 1.38 bits per heavy atom. The summed E-state index contributed by atoms with van der Waals surface area (Å²) in [5, 5.41) is 8.69. The first-order chi connectivity index (χ1) is 3.52. The summed E-state index contributed by atoms with van der Waals surface area (Å²) in [5.41, 5.74) is 0. The van der Waals surface area contributed by atoms with Gasteiger partial charge in [0, 0.05) is 0 Å². The van der Waals surface area contributed by atoms with Crippen molar-refractivity contribution in [2.45, 2.75) is 14.0 Å². The van der Waals surface area contributed by atoms with Crippen LogP contribution in [0.2, 0.25) is 0 Å². The number of rotatable bonds is 1. The SMILES string of the molecule is OC[C@]1(Br)CC1(Br)Br. The largest absolute Gasteiger partial charge is 0.395 e. The highest BCUT2D eigenvalue weighted by molar-refractivity contribution is 9.26. The second-order valence-electron chi connectivity index (χ2n) is 2.00. The quantitative estimate of drug-likeness (QED) is 0.735. The van der Waals surface area contributed by atoms with Crippen LogP contribution in [-0.2, 0) is 0 Å². The molecular weight excluding hydrogens is 304 g/mol. The van der Waals surface area contributed by atoms with E-state index in [4.69, 9.17) is 5.11 Å². The number of halogens is 3. The van der Waals surface area contributed by atoms with Gasteiger partial charge in [-0.15, -0.1) is 0 Å². The maximum atomic E-state index is 8.69. The molecule has 0 unspecified atom stereocenters. The third kappa shape index (κ3) is 1.00. The smallest absolute Gasteiger partial charge is 0.0995 e. The van der Waals surface area contributed by atoms with E-state index in [1.54, 1.807) is 0 Å². The molecule has 48 valence electrons. The molecule has 1 aliphatic rings. The third-order valence-electron chi connectivity index (χ3n) is 1.28. The molecular formula is C4H5Br3O. The molecule has 0 heterocycles. The predicted molar refractivity (Wildman–Crippen MR) is 43.9 cm³/mol. The van der Waals surface area contributed by atoms with Crippen LogP contribution in [0.15, 0.2) is 0 Å². The number of alkyl halides is 3. The van der Waals surface area contributed by atoms with Gasteiger partial charge < -0.3 is 5.11 Å². The molecule has 0 spiro atoms. The zero-order valence-electron chi connectivity index (χ0n) is 4.00. The van der Waals surface area contributed by atoms with Gasteiger partial charge in [-0.05, 0) is 6.42 Å². The summed E-state index contributed by atoms with van der Waals surface area (Å²) in [5.74, 6) is 0. The zero-order valence-corrected chi connectivity index (χ0v) is 8.75. The van der Waals surface area contributed by atoms with Crippen molar-refractivity contribution in [3.05, 3.63) is 0 Å². The fourth-order valence-electron chi connectivity index (χ4n) is 0.479. The van der Waals surface area contributed by atoms with E-state index in [1.165, 1.54) is 0 Å². The van der Waals surface area contributed by atoms with Crippen molar-refractivity contribution in [2.75, 3.05) is 6.61 Å². The van der Waals surface area contributed by atoms with Gasteiger partial charge in [-0.3, -0.25) is 0 Å². The monoisotopic (exact) mass is 306 g/mol. The van der Waals surface area contributed by atoms with Gasteiger partial charge in [0.05, 0.1) is 14.2 Å². The Hall–Kier alpha value is 1.40. The van der Waals surface area contributed by atoms with Crippen molar-refractivity contribution in [1.82, 2.24) is 0 Å². The van der Waals surface area contributed by atoms with Crippen LogP contribution < -0.4 is 0 Å². The third-order valence-corrected chi connectivity index (χ3v) is 5.63. The van der Waals surface area contributed by atoms with Gasteiger partial charge in [-0.1, -0.05) is 47.8 Å². The topological polar surface area (TPSA) is 20.2 Å². The van der Waals surface area contributed by atoms with Gasteiger partial charge in [-0.2, -0.15) is 0 Å². The molecule has 0 amide bonds. The summed E-state index contributed by atoms with van der Waals surface area (Å²) in [6.07, 6.45) is 0.927. The molecule has 1 atom stereocenters. The molecule has 1 N–H and O–H groups in total. The van der Waals surface area contributed by atoms with Gasteiger partial charge >= 0.3 is 0 Å².